The van der Waals surface area contributed by atoms with Gasteiger partial charge in [0.2, 0.25) is 0 Å². The number of carbonyl (C=O) groups is 2. The third-order valence-corrected chi connectivity index (χ3v) is 2.78. The fraction of sp³-hybridized carbons (Fsp3) is 0.583. The number of aromatic carboxylic acids is 1. The Morgan fingerprint density at radius 2 is 2.11 bits per heavy atom. The van der Waals surface area contributed by atoms with Gasteiger partial charge in [0.15, 0.2) is 5.69 Å². The van der Waals surface area contributed by atoms with E-state index in [1.807, 2.05) is 0 Å². The van der Waals surface area contributed by atoms with Crippen LogP contribution < -0.4 is 5.32 Å². The molecule has 7 heteroatoms. The number of nitrogens with zero attached hydrogens (tertiary/aromatic N) is 1. The Hall–Kier alpha value is -1.89. The summed E-state index contributed by atoms with van der Waals surface area (Å²) in [7, 11) is 0. The van der Waals surface area contributed by atoms with Crippen molar-refractivity contribution in [1.29, 1.82) is 0 Å². The van der Waals surface area contributed by atoms with Crippen molar-refractivity contribution in [1.82, 2.24) is 15.5 Å². The summed E-state index contributed by atoms with van der Waals surface area (Å²) in [5, 5.41) is 18.5. The molecule has 7 nitrogen and oxygen atoms in total. The molecule has 0 aliphatic carbocycles. The van der Waals surface area contributed by atoms with E-state index in [1.165, 1.54) is 0 Å². The number of hydrogen-bond acceptors (Lipinski definition) is 5. The van der Waals surface area contributed by atoms with Crippen LogP contribution in [0.3, 0.4) is 0 Å². The lowest BCUT2D eigenvalue weighted by Gasteiger charge is -2.26. The first-order valence-electron chi connectivity index (χ1n) is 6.03. The van der Waals surface area contributed by atoms with Gasteiger partial charge in [0.25, 0.3) is 0 Å². The van der Waals surface area contributed by atoms with E-state index in [2.05, 4.69) is 15.5 Å². The van der Waals surface area contributed by atoms with E-state index < -0.39 is 17.6 Å². The van der Waals surface area contributed by atoms with E-state index in [9.17, 15) is 9.59 Å². The van der Waals surface area contributed by atoms with Crippen molar-refractivity contribution in [3.05, 3.63) is 17.0 Å². The predicted octanol–water partition coefficient (Wildman–Crippen LogP) is 0.464. The van der Waals surface area contributed by atoms with Crippen molar-refractivity contribution in [3.63, 3.8) is 0 Å². The fourth-order valence-electron chi connectivity index (χ4n) is 1.99. The van der Waals surface area contributed by atoms with E-state index in [0.29, 0.717) is 17.8 Å². The summed E-state index contributed by atoms with van der Waals surface area (Å²) in [6.07, 6.45) is 0.266. The van der Waals surface area contributed by atoms with E-state index >= 15 is 0 Å². The average Bonchev–Trinajstić information content (AvgIpc) is 2.68. The fourth-order valence-corrected chi connectivity index (χ4v) is 1.99. The average molecular weight is 267 g/mol. The maximum Gasteiger partial charge on any atom is 0.356 e. The second-order valence-corrected chi connectivity index (χ2v) is 5.51. The lowest BCUT2D eigenvalue weighted by atomic mass is 9.99. The number of hydrogen-bond donors (Lipinski definition) is 3. The van der Waals surface area contributed by atoms with Crippen LogP contribution in [-0.2, 0) is 22.5 Å². The minimum atomic E-state index is -1.10. The van der Waals surface area contributed by atoms with E-state index in [4.69, 9.17) is 9.84 Å². The monoisotopic (exact) mass is 267 g/mol. The molecule has 3 N–H and O–H groups in total. The summed E-state index contributed by atoms with van der Waals surface area (Å²) in [6.45, 7) is 5.75. The smallest absolute Gasteiger partial charge is 0.356 e. The van der Waals surface area contributed by atoms with Gasteiger partial charge in [0.05, 0.1) is 5.69 Å². The van der Waals surface area contributed by atoms with Crippen LogP contribution in [-0.4, -0.2) is 38.9 Å². The Bertz CT molecular complexity index is 516. The molecule has 104 valence electrons. The number of carboxylic acids is 1. The first-order chi connectivity index (χ1) is 8.78. The topological polar surface area (TPSA) is 104 Å². The van der Waals surface area contributed by atoms with Crippen molar-refractivity contribution in [2.75, 3.05) is 0 Å². The maximum atomic E-state index is 12.0. The number of fused-ring (bicyclic) bond motifs is 1. The van der Waals surface area contributed by atoms with Crippen LogP contribution in [0.4, 0.5) is 0 Å². The zero-order valence-corrected chi connectivity index (χ0v) is 11.1. The molecule has 0 amide bonds. The van der Waals surface area contributed by atoms with Gasteiger partial charge in [0, 0.05) is 18.5 Å². The molecule has 1 aliphatic heterocycles. The number of rotatable bonds is 2. The summed E-state index contributed by atoms with van der Waals surface area (Å²) < 4.78 is 5.29. The Morgan fingerprint density at radius 3 is 2.68 bits per heavy atom. The minimum Gasteiger partial charge on any atom is -0.476 e. The Kier molecular flexibility index (Phi) is 3.32. The van der Waals surface area contributed by atoms with Crippen molar-refractivity contribution >= 4 is 11.9 Å². The number of ether oxygens (including phenoxy) is 1. The lowest BCUT2D eigenvalue weighted by molar-refractivity contribution is -0.157. The van der Waals surface area contributed by atoms with Crippen LogP contribution in [0, 0.1) is 0 Å². The lowest BCUT2D eigenvalue weighted by Crippen LogP contribution is -2.45. The number of carbonyl (C=O) groups excluding carboxylic acids is 1. The summed E-state index contributed by atoms with van der Waals surface area (Å²) in [5.74, 6) is -1.47. The molecular formula is C12H17N3O4. The highest BCUT2D eigenvalue weighted by atomic mass is 16.6. The minimum absolute atomic E-state index is 0.0231. The maximum absolute atomic E-state index is 12.0. The number of carboxylic acid groups (broad SMARTS) is 1. The molecule has 0 radical (unpaired) electrons. The van der Waals surface area contributed by atoms with Crippen LogP contribution in [0.2, 0.25) is 0 Å². The van der Waals surface area contributed by atoms with Crippen molar-refractivity contribution in [2.45, 2.75) is 45.4 Å². The summed E-state index contributed by atoms with van der Waals surface area (Å²) in [4.78, 5) is 23.0. The molecule has 1 aliphatic rings. The van der Waals surface area contributed by atoms with Gasteiger partial charge < -0.3 is 9.84 Å². The Morgan fingerprint density at radius 1 is 1.42 bits per heavy atom. The standard InChI is InChI=1S/C12H17N3O4/c1-12(2,3)19-11(18)7-4-6-8(5-13-7)14-15-9(6)10(16)17/h7,13H,4-5H2,1-3H3,(H,14,15)(H,16,17). The van der Waals surface area contributed by atoms with Gasteiger partial charge in [-0.25, -0.2) is 4.79 Å². The van der Waals surface area contributed by atoms with Crippen LogP contribution in [0.1, 0.15) is 42.5 Å². The quantitative estimate of drug-likeness (QED) is 0.673. The first kappa shape index (κ1) is 13.5. The van der Waals surface area contributed by atoms with Gasteiger partial charge in [-0.2, -0.15) is 5.10 Å². The normalized spacial score (nSPS) is 18.8. The van der Waals surface area contributed by atoms with Gasteiger partial charge in [-0.1, -0.05) is 0 Å². The molecule has 1 atom stereocenters. The van der Waals surface area contributed by atoms with Gasteiger partial charge in [0.1, 0.15) is 11.6 Å². The molecule has 0 fully saturated rings. The molecule has 0 saturated heterocycles. The van der Waals surface area contributed by atoms with Crippen LogP contribution in [0.15, 0.2) is 0 Å². The van der Waals surface area contributed by atoms with Crippen LogP contribution in [0.25, 0.3) is 0 Å². The van der Waals surface area contributed by atoms with Crippen LogP contribution in [0.5, 0.6) is 0 Å². The van der Waals surface area contributed by atoms with Gasteiger partial charge in [-0.15, -0.1) is 0 Å². The molecule has 0 spiro atoms. The number of H-pyrrole nitrogens is 1. The van der Waals surface area contributed by atoms with Crippen molar-refractivity contribution < 1.29 is 19.4 Å². The molecule has 1 unspecified atom stereocenters. The molecule has 0 bridgehead atoms. The van der Waals surface area contributed by atoms with Crippen molar-refractivity contribution in [3.8, 4) is 0 Å². The Balaban J connectivity index is 2.15. The summed E-state index contributed by atoms with van der Waals surface area (Å²) >= 11 is 0. The number of aromatic nitrogens is 2. The third-order valence-electron chi connectivity index (χ3n) is 2.78. The molecule has 0 saturated carbocycles. The third kappa shape index (κ3) is 2.93. The van der Waals surface area contributed by atoms with E-state index in [0.717, 1.165) is 0 Å². The predicted molar refractivity (Wildman–Crippen MR) is 65.7 cm³/mol. The van der Waals surface area contributed by atoms with E-state index in [-0.39, 0.29) is 18.1 Å². The molecular weight excluding hydrogens is 250 g/mol. The molecule has 2 heterocycles. The highest BCUT2D eigenvalue weighted by Crippen LogP contribution is 2.20. The van der Waals surface area contributed by atoms with Crippen LogP contribution >= 0.6 is 0 Å². The molecule has 1 aromatic rings. The largest absolute Gasteiger partial charge is 0.476 e. The zero-order valence-electron chi connectivity index (χ0n) is 11.1. The SMILES string of the molecule is CC(C)(C)OC(=O)C1Cc2c(C(=O)O)n[nH]c2CN1. The highest BCUT2D eigenvalue weighted by Gasteiger charge is 2.32. The second kappa shape index (κ2) is 4.65. The molecule has 0 aromatic carbocycles. The van der Waals surface area contributed by atoms with Gasteiger partial charge in [-0.3, -0.25) is 15.2 Å². The number of aromatic amines is 1. The molecule has 2 rings (SSSR count). The van der Waals surface area contributed by atoms with Gasteiger partial charge >= 0.3 is 11.9 Å². The zero-order chi connectivity index (χ0) is 14.2. The van der Waals surface area contributed by atoms with Crippen molar-refractivity contribution in [2.24, 2.45) is 0 Å². The van der Waals surface area contributed by atoms with Gasteiger partial charge in [-0.05, 0) is 20.8 Å². The first-order valence-corrected chi connectivity index (χ1v) is 6.03. The number of nitrogens with one attached hydrogen (secondary N) is 2. The van der Waals surface area contributed by atoms with E-state index in [1.54, 1.807) is 20.8 Å². The molecule has 19 heavy (non-hydrogen) atoms. The summed E-state index contributed by atoms with van der Waals surface area (Å²) in [6, 6.07) is -0.539. The summed E-state index contributed by atoms with van der Waals surface area (Å²) in [5.41, 5.74) is 0.690. The number of esters is 1. The molecule has 1 aromatic heterocycles. The highest BCUT2D eigenvalue weighted by molar-refractivity contribution is 5.88. The second-order valence-electron chi connectivity index (χ2n) is 5.51. The Labute approximate surface area is 110 Å².